The largest absolute Gasteiger partial charge is 0.494 e. The standard InChI is InChI=1S/C16H13N3O2/c1-21-15-10-6-5-9-13(15)19-14(11-17-18-19)16(20)12-7-3-2-4-8-12/h2-11H,1H3. The number of rotatable bonds is 4. The van der Waals surface area contributed by atoms with Crippen LogP contribution in [0.4, 0.5) is 0 Å². The maximum absolute atomic E-state index is 12.6. The number of hydrogen-bond acceptors (Lipinski definition) is 4. The van der Waals surface area contributed by atoms with Crippen LogP contribution >= 0.6 is 0 Å². The Morgan fingerprint density at radius 1 is 1.05 bits per heavy atom. The number of carbonyl (C=O) groups excluding carboxylic acids is 1. The lowest BCUT2D eigenvalue weighted by Gasteiger charge is -2.09. The summed E-state index contributed by atoms with van der Waals surface area (Å²) in [5.41, 5.74) is 1.67. The lowest BCUT2D eigenvalue weighted by molar-refractivity contribution is 0.103. The Labute approximate surface area is 121 Å². The van der Waals surface area contributed by atoms with Crippen molar-refractivity contribution in [2.45, 2.75) is 0 Å². The Morgan fingerprint density at radius 2 is 1.76 bits per heavy atom. The smallest absolute Gasteiger partial charge is 0.213 e. The van der Waals surface area contributed by atoms with E-state index in [1.54, 1.807) is 19.2 Å². The van der Waals surface area contributed by atoms with Gasteiger partial charge in [-0.05, 0) is 12.1 Å². The number of methoxy groups -OCH3 is 1. The van der Waals surface area contributed by atoms with Crippen molar-refractivity contribution in [2.24, 2.45) is 0 Å². The average molecular weight is 279 g/mol. The van der Waals surface area contributed by atoms with Crippen LogP contribution < -0.4 is 4.74 Å². The van der Waals surface area contributed by atoms with E-state index < -0.39 is 0 Å². The summed E-state index contributed by atoms with van der Waals surface area (Å²) in [6.07, 6.45) is 1.46. The number of nitrogens with zero attached hydrogens (tertiary/aromatic N) is 3. The second-order valence-corrected chi connectivity index (χ2v) is 4.40. The van der Waals surface area contributed by atoms with Crippen LogP contribution in [0, 0.1) is 0 Å². The molecular weight excluding hydrogens is 266 g/mol. The van der Waals surface area contributed by atoms with Crippen molar-refractivity contribution in [1.29, 1.82) is 0 Å². The van der Waals surface area contributed by atoms with Gasteiger partial charge in [0.05, 0.1) is 13.3 Å². The molecular formula is C16H13N3O2. The zero-order valence-electron chi connectivity index (χ0n) is 11.4. The molecule has 0 saturated heterocycles. The minimum absolute atomic E-state index is 0.133. The van der Waals surface area contributed by atoms with Crippen molar-refractivity contribution in [3.63, 3.8) is 0 Å². The van der Waals surface area contributed by atoms with Gasteiger partial charge in [-0.25, -0.2) is 4.68 Å². The van der Waals surface area contributed by atoms with E-state index in [1.807, 2.05) is 42.5 Å². The quantitative estimate of drug-likeness (QED) is 0.688. The van der Waals surface area contributed by atoms with Crippen LogP contribution in [0.15, 0.2) is 60.8 Å². The molecule has 0 N–H and O–H groups in total. The molecule has 5 nitrogen and oxygen atoms in total. The Morgan fingerprint density at radius 3 is 2.52 bits per heavy atom. The molecule has 1 aromatic heterocycles. The lowest BCUT2D eigenvalue weighted by Crippen LogP contribution is -2.10. The van der Waals surface area contributed by atoms with Gasteiger partial charge in [0.2, 0.25) is 5.78 Å². The van der Waals surface area contributed by atoms with Crippen molar-refractivity contribution in [3.05, 3.63) is 72.1 Å². The molecule has 0 bridgehead atoms. The predicted octanol–water partition coefficient (Wildman–Crippen LogP) is 2.51. The number of hydrogen-bond donors (Lipinski definition) is 0. The third-order valence-electron chi connectivity index (χ3n) is 3.13. The molecule has 1 heterocycles. The van der Waals surface area contributed by atoms with E-state index in [1.165, 1.54) is 10.9 Å². The summed E-state index contributed by atoms with van der Waals surface area (Å²) in [6.45, 7) is 0. The molecule has 0 aliphatic heterocycles. The summed E-state index contributed by atoms with van der Waals surface area (Å²) in [5, 5.41) is 7.86. The van der Waals surface area contributed by atoms with Crippen LogP contribution in [-0.2, 0) is 0 Å². The molecule has 0 unspecified atom stereocenters. The van der Waals surface area contributed by atoms with Gasteiger partial charge in [0.25, 0.3) is 0 Å². The Hall–Kier alpha value is -2.95. The zero-order valence-corrected chi connectivity index (χ0v) is 11.4. The second-order valence-electron chi connectivity index (χ2n) is 4.40. The molecule has 0 aliphatic rings. The molecule has 0 atom stereocenters. The van der Waals surface area contributed by atoms with E-state index in [4.69, 9.17) is 4.74 Å². The van der Waals surface area contributed by atoms with E-state index in [0.717, 1.165) is 0 Å². The number of ether oxygens (including phenoxy) is 1. The van der Waals surface area contributed by atoms with Crippen LogP contribution in [0.2, 0.25) is 0 Å². The van der Waals surface area contributed by atoms with Gasteiger partial charge in [-0.2, -0.15) is 0 Å². The fraction of sp³-hybridized carbons (Fsp3) is 0.0625. The maximum Gasteiger partial charge on any atom is 0.213 e. The molecule has 3 aromatic rings. The van der Waals surface area contributed by atoms with Crippen LogP contribution in [-0.4, -0.2) is 27.9 Å². The Bertz CT molecular complexity index is 766. The summed E-state index contributed by atoms with van der Waals surface area (Å²) >= 11 is 0. The second kappa shape index (κ2) is 5.58. The summed E-state index contributed by atoms with van der Waals surface area (Å²) in [6, 6.07) is 16.4. The number of carbonyl (C=O) groups is 1. The fourth-order valence-corrected chi connectivity index (χ4v) is 2.11. The minimum Gasteiger partial charge on any atom is -0.494 e. The van der Waals surface area contributed by atoms with Crippen molar-refractivity contribution >= 4 is 5.78 Å². The van der Waals surface area contributed by atoms with Crippen molar-refractivity contribution in [2.75, 3.05) is 7.11 Å². The summed E-state index contributed by atoms with van der Waals surface area (Å²) in [4.78, 5) is 12.6. The Balaban J connectivity index is 2.08. The van der Waals surface area contributed by atoms with Crippen LogP contribution in [0.5, 0.6) is 5.75 Å². The van der Waals surface area contributed by atoms with Crippen LogP contribution in [0.25, 0.3) is 5.69 Å². The van der Waals surface area contributed by atoms with Crippen molar-refractivity contribution < 1.29 is 9.53 Å². The molecule has 3 rings (SSSR count). The molecule has 0 amide bonds. The lowest BCUT2D eigenvalue weighted by atomic mass is 10.1. The van der Waals surface area contributed by atoms with Crippen LogP contribution in [0.1, 0.15) is 16.1 Å². The normalized spacial score (nSPS) is 10.3. The highest BCUT2D eigenvalue weighted by Crippen LogP contribution is 2.23. The van der Waals surface area contributed by atoms with Crippen molar-refractivity contribution in [1.82, 2.24) is 15.0 Å². The number of aromatic nitrogens is 3. The molecule has 5 heteroatoms. The van der Waals surface area contributed by atoms with E-state index in [-0.39, 0.29) is 5.78 Å². The van der Waals surface area contributed by atoms with Gasteiger partial charge >= 0.3 is 0 Å². The summed E-state index contributed by atoms with van der Waals surface area (Å²) in [5.74, 6) is 0.497. The molecule has 0 spiro atoms. The van der Waals surface area contributed by atoms with E-state index >= 15 is 0 Å². The number of benzene rings is 2. The first kappa shape index (κ1) is 13.1. The number of para-hydroxylation sites is 2. The van der Waals surface area contributed by atoms with Gasteiger partial charge in [-0.1, -0.05) is 47.7 Å². The van der Waals surface area contributed by atoms with E-state index in [0.29, 0.717) is 22.7 Å². The highest BCUT2D eigenvalue weighted by molar-refractivity contribution is 6.08. The molecule has 0 fully saturated rings. The van der Waals surface area contributed by atoms with Gasteiger partial charge in [0.1, 0.15) is 17.1 Å². The van der Waals surface area contributed by atoms with Crippen LogP contribution in [0.3, 0.4) is 0 Å². The molecule has 0 radical (unpaired) electrons. The predicted molar refractivity (Wildman–Crippen MR) is 77.8 cm³/mol. The van der Waals surface area contributed by atoms with Gasteiger partial charge in [-0.3, -0.25) is 4.79 Å². The first-order chi connectivity index (χ1) is 10.3. The first-order valence-electron chi connectivity index (χ1n) is 6.45. The first-order valence-corrected chi connectivity index (χ1v) is 6.45. The van der Waals surface area contributed by atoms with E-state index in [2.05, 4.69) is 10.3 Å². The van der Waals surface area contributed by atoms with Crippen molar-refractivity contribution in [3.8, 4) is 11.4 Å². The zero-order chi connectivity index (χ0) is 14.7. The fourth-order valence-electron chi connectivity index (χ4n) is 2.11. The summed E-state index contributed by atoms with van der Waals surface area (Å²) < 4.78 is 6.80. The topological polar surface area (TPSA) is 57.0 Å². The van der Waals surface area contributed by atoms with Gasteiger partial charge < -0.3 is 4.74 Å². The average Bonchev–Trinajstić information content (AvgIpc) is 3.04. The Kier molecular flexibility index (Phi) is 3.47. The van der Waals surface area contributed by atoms with Gasteiger partial charge in [-0.15, -0.1) is 5.10 Å². The highest BCUT2D eigenvalue weighted by Gasteiger charge is 2.18. The summed E-state index contributed by atoms with van der Waals surface area (Å²) in [7, 11) is 1.58. The third kappa shape index (κ3) is 2.41. The van der Waals surface area contributed by atoms with E-state index in [9.17, 15) is 4.79 Å². The maximum atomic E-state index is 12.6. The monoisotopic (exact) mass is 279 g/mol. The minimum atomic E-state index is -0.133. The molecule has 0 aliphatic carbocycles. The van der Waals surface area contributed by atoms with Gasteiger partial charge in [0.15, 0.2) is 0 Å². The molecule has 0 saturated carbocycles. The third-order valence-corrected chi connectivity index (χ3v) is 3.13. The van der Waals surface area contributed by atoms with Gasteiger partial charge in [0, 0.05) is 5.56 Å². The highest BCUT2D eigenvalue weighted by atomic mass is 16.5. The molecule has 21 heavy (non-hydrogen) atoms. The number of ketones is 1. The molecule has 104 valence electrons. The SMILES string of the molecule is COc1ccccc1-n1nncc1C(=O)c1ccccc1. The molecule has 2 aromatic carbocycles.